The van der Waals surface area contributed by atoms with Crippen molar-refractivity contribution in [3.05, 3.63) is 40.3 Å². The molecule has 0 unspecified atom stereocenters. The Kier molecular flexibility index (Phi) is 6.73. The highest BCUT2D eigenvalue weighted by Crippen LogP contribution is 2.36. The first kappa shape index (κ1) is 19.0. The van der Waals surface area contributed by atoms with E-state index in [1.54, 1.807) is 18.0 Å². The van der Waals surface area contributed by atoms with E-state index in [4.69, 9.17) is 0 Å². The summed E-state index contributed by atoms with van der Waals surface area (Å²) in [6, 6.07) is 5.89. The molecule has 1 N–H and O–H groups in total. The van der Waals surface area contributed by atoms with Gasteiger partial charge in [-0.15, -0.1) is 11.3 Å². The Labute approximate surface area is 162 Å². The van der Waals surface area contributed by atoms with Crippen LogP contribution in [0.15, 0.2) is 30.6 Å². The van der Waals surface area contributed by atoms with Gasteiger partial charge in [0.1, 0.15) is 0 Å². The van der Waals surface area contributed by atoms with Crippen molar-refractivity contribution in [2.75, 3.05) is 25.1 Å². The molecule has 1 aliphatic rings. The molecular formula is C18H24N4O2S2. The highest BCUT2D eigenvalue weighted by Gasteiger charge is 2.30. The van der Waals surface area contributed by atoms with E-state index in [0.29, 0.717) is 17.2 Å². The zero-order valence-electron chi connectivity index (χ0n) is 14.9. The Morgan fingerprint density at radius 1 is 1.42 bits per heavy atom. The van der Waals surface area contributed by atoms with E-state index < -0.39 is 0 Å². The Hall–Kier alpha value is -1.80. The van der Waals surface area contributed by atoms with Crippen LogP contribution in [-0.4, -0.2) is 51.6 Å². The molecule has 1 aliphatic heterocycles. The molecule has 2 aromatic heterocycles. The molecule has 0 spiro atoms. The van der Waals surface area contributed by atoms with E-state index in [2.05, 4.69) is 10.4 Å². The van der Waals surface area contributed by atoms with Crippen molar-refractivity contribution < 1.29 is 9.59 Å². The standard InChI is InChI=1S/C18H24N4O2S2/c1-25-13-17(23)22-12-2-5-14(22)15-6-7-16(26-15)18(24)19-8-3-10-21-11-4-9-20-21/h4,6-7,9,11,14H,2-3,5,8,10,12-13H2,1H3,(H,19,24)/t14-/m1/s1. The number of aryl methyl sites for hydroxylation is 1. The van der Waals surface area contributed by atoms with Crippen molar-refractivity contribution in [1.29, 1.82) is 0 Å². The van der Waals surface area contributed by atoms with Gasteiger partial charge in [0.2, 0.25) is 5.91 Å². The minimum atomic E-state index is -0.0401. The van der Waals surface area contributed by atoms with Crippen LogP contribution in [0.3, 0.4) is 0 Å². The largest absolute Gasteiger partial charge is 0.351 e. The quantitative estimate of drug-likeness (QED) is 0.702. The molecule has 6 nitrogen and oxygen atoms in total. The van der Waals surface area contributed by atoms with Crippen molar-refractivity contribution >= 4 is 34.9 Å². The molecule has 140 valence electrons. The Morgan fingerprint density at radius 3 is 3.08 bits per heavy atom. The molecular weight excluding hydrogens is 368 g/mol. The van der Waals surface area contributed by atoms with Crippen LogP contribution in [0.5, 0.6) is 0 Å². The Morgan fingerprint density at radius 2 is 2.31 bits per heavy atom. The number of nitrogens with one attached hydrogen (secondary N) is 1. The van der Waals surface area contributed by atoms with Gasteiger partial charge in [-0.25, -0.2) is 0 Å². The molecule has 1 saturated heterocycles. The van der Waals surface area contributed by atoms with Gasteiger partial charge >= 0.3 is 0 Å². The number of hydrogen-bond acceptors (Lipinski definition) is 5. The van der Waals surface area contributed by atoms with Crippen molar-refractivity contribution in [1.82, 2.24) is 20.0 Å². The average molecular weight is 393 g/mol. The van der Waals surface area contributed by atoms with Crippen molar-refractivity contribution in [3.63, 3.8) is 0 Å². The predicted molar refractivity (Wildman–Crippen MR) is 106 cm³/mol. The number of aromatic nitrogens is 2. The van der Waals surface area contributed by atoms with Gasteiger partial charge in [-0.1, -0.05) is 0 Å². The number of thioether (sulfide) groups is 1. The number of carbonyl (C=O) groups excluding carboxylic acids is 2. The van der Waals surface area contributed by atoms with Gasteiger partial charge in [-0.3, -0.25) is 14.3 Å². The lowest BCUT2D eigenvalue weighted by molar-refractivity contribution is -0.129. The van der Waals surface area contributed by atoms with Crippen LogP contribution in [0.25, 0.3) is 0 Å². The summed E-state index contributed by atoms with van der Waals surface area (Å²) >= 11 is 3.06. The van der Waals surface area contributed by atoms with Crippen molar-refractivity contribution in [2.24, 2.45) is 0 Å². The van der Waals surface area contributed by atoms with Gasteiger partial charge < -0.3 is 10.2 Å². The van der Waals surface area contributed by atoms with Crippen LogP contribution in [0.4, 0.5) is 0 Å². The highest BCUT2D eigenvalue weighted by atomic mass is 32.2. The lowest BCUT2D eigenvalue weighted by atomic mass is 10.2. The molecule has 1 fully saturated rings. The third kappa shape index (κ3) is 4.67. The molecule has 26 heavy (non-hydrogen) atoms. The maximum absolute atomic E-state index is 12.3. The predicted octanol–water partition coefficient (Wildman–Crippen LogP) is 2.79. The summed E-state index contributed by atoms with van der Waals surface area (Å²) in [7, 11) is 0. The van der Waals surface area contributed by atoms with Crippen LogP contribution >= 0.6 is 23.1 Å². The monoisotopic (exact) mass is 392 g/mol. The number of thiophene rings is 1. The van der Waals surface area contributed by atoms with Gasteiger partial charge in [-0.2, -0.15) is 16.9 Å². The summed E-state index contributed by atoms with van der Waals surface area (Å²) in [5, 5.41) is 7.11. The topological polar surface area (TPSA) is 67.2 Å². The summed E-state index contributed by atoms with van der Waals surface area (Å²) in [5.74, 6) is 0.672. The Bertz CT molecular complexity index is 729. The van der Waals surface area contributed by atoms with E-state index in [1.165, 1.54) is 11.3 Å². The molecule has 2 amide bonds. The lowest BCUT2D eigenvalue weighted by Gasteiger charge is -2.23. The van der Waals surface area contributed by atoms with E-state index >= 15 is 0 Å². The fourth-order valence-corrected chi connectivity index (χ4v) is 4.67. The maximum Gasteiger partial charge on any atom is 0.261 e. The van der Waals surface area contributed by atoms with Gasteiger partial charge in [0.15, 0.2) is 0 Å². The lowest BCUT2D eigenvalue weighted by Crippen LogP contribution is -2.31. The van der Waals surface area contributed by atoms with Crippen molar-refractivity contribution in [3.8, 4) is 0 Å². The summed E-state index contributed by atoms with van der Waals surface area (Å²) in [6.45, 7) is 2.22. The molecule has 0 bridgehead atoms. The van der Waals surface area contributed by atoms with E-state index in [9.17, 15) is 9.59 Å². The molecule has 0 saturated carbocycles. The minimum absolute atomic E-state index is 0.0401. The zero-order chi connectivity index (χ0) is 18.4. The van der Waals surface area contributed by atoms with Crippen LogP contribution in [0, 0.1) is 0 Å². The summed E-state index contributed by atoms with van der Waals surface area (Å²) in [4.78, 5) is 28.4. The number of nitrogens with zero attached hydrogens (tertiary/aromatic N) is 3. The van der Waals surface area contributed by atoms with Gasteiger partial charge in [0.05, 0.1) is 16.7 Å². The van der Waals surface area contributed by atoms with Gasteiger partial charge in [0, 0.05) is 36.9 Å². The van der Waals surface area contributed by atoms with E-state index in [-0.39, 0.29) is 17.9 Å². The minimum Gasteiger partial charge on any atom is -0.351 e. The summed E-state index contributed by atoms with van der Waals surface area (Å²) < 4.78 is 1.86. The third-order valence-electron chi connectivity index (χ3n) is 4.43. The molecule has 0 radical (unpaired) electrons. The van der Waals surface area contributed by atoms with E-state index in [0.717, 1.165) is 37.2 Å². The van der Waals surface area contributed by atoms with Crippen molar-refractivity contribution in [2.45, 2.75) is 31.8 Å². The molecule has 2 aromatic rings. The fourth-order valence-electron chi connectivity index (χ4n) is 3.18. The third-order valence-corrected chi connectivity index (χ3v) is 6.15. The fraction of sp³-hybridized carbons (Fsp3) is 0.500. The molecule has 3 heterocycles. The van der Waals surface area contributed by atoms with Crippen LogP contribution in [0.1, 0.15) is 39.9 Å². The normalized spacial score (nSPS) is 16.8. The molecule has 1 atom stereocenters. The second kappa shape index (κ2) is 9.23. The van der Waals surface area contributed by atoms with Crippen LogP contribution in [0.2, 0.25) is 0 Å². The average Bonchev–Trinajstić information content (AvgIpc) is 3.39. The first-order valence-electron chi connectivity index (χ1n) is 8.83. The maximum atomic E-state index is 12.3. The number of likely N-dealkylation sites (tertiary alicyclic amines) is 1. The van der Waals surface area contributed by atoms with Crippen LogP contribution < -0.4 is 5.32 Å². The number of hydrogen-bond donors (Lipinski definition) is 1. The highest BCUT2D eigenvalue weighted by molar-refractivity contribution is 7.99. The SMILES string of the molecule is CSCC(=O)N1CCC[C@@H]1c1ccc(C(=O)NCCCn2cccn2)s1. The van der Waals surface area contributed by atoms with E-state index in [1.807, 2.05) is 40.2 Å². The smallest absolute Gasteiger partial charge is 0.261 e. The van der Waals surface area contributed by atoms with Crippen LogP contribution in [-0.2, 0) is 11.3 Å². The zero-order valence-corrected chi connectivity index (χ0v) is 16.5. The second-order valence-corrected chi connectivity index (χ2v) is 8.24. The molecule has 0 aromatic carbocycles. The second-order valence-electron chi connectivity index (χ2n) is 6.26. The first-order valence-corrected chi connectivity index (χ1v) is 11.0. The Balaban J connectivity index is 1.51. The summed E-state index contributed by atoms with van der Waals surface area (Å²) in [5.41, 5.74) is 0. The first-order chi connectivity index (χ1) is 12.7. The molecule has 3 rings (SSSR count). The molecule has 8 heteroatoms. The van der Waals surface area contributed by atoms with Gasteiger partial charge in [0.25, 0.3) is 5.91 Å². The molecule has 0 aliphatic carbocycles. The van der Waals surface area contributed by atoms with Gasteiger partial charge in [-0.05, 0) is 43.7 Å². The number of amides is 2. The summed E-state index contributed by atoms with van der Waals surface area (Å²) in [6.07, 6.45) is 8.46. The number of rotatable bonds is 8. The number of carbonyl (C=O) groups is 2.